The van der Waals surface area contributed by atoms with Crippen molar-refractivity contribution in [3.8, 4) is 5.69 Å². The normalized spacial score (nSPS) is 12.7. The van der Waals surface area contributed by atoms with Crippen LogP contribution in [0.15, 0.2) is 52.6 Å². The number of pyridine rings is 2. The number of carbonyl (C=O) groups is 2. The highest BCUT2D eigenvalue weighted by atomic mass is 19.4. The number of ether oxygens (including phenoxy) is 1. The first-order valence-electron chi connectivity index (χ1n) is 9.60. The Labute approximate surface area is 186 Å². The van der Waals surface area contributed by atoms with Gasteiger partial charge in [-0.2, -0.15) is 13.2 Å². The summed E-state index contributed by atoms with van der Waals surface area (Å²) in [6.45, 7) is 0. The molecule has 0 aromatic carbocycles. The number of esters is 2. The van der Waals surface area contributed by atoms with Crippen molar-refractivity contribution in [2.75, 3.05) is 0 Å². The predicted octanol–water partition coefficient (Wildman–Crippen LogP) is 0.234. The van der Waals surface area contributed by atoms with Crippen LogP contribution in [0.1, 0.15) is 5.69 Å². The molecular formula is C20H15F3N6O5. The van der Waals surface area contributed by atoms with Crippen LogP contribution in [0.3, 0.4) is 0 Å². The van der Waals surface area contributed by atoms with Gasteiger partial charge in [-0.3, -0.25) is 14.3 Å². The zero-order valence-electron chi connectivity index (χ0n) is 17.3. The van der Waals surface area contributed by atoms with Gasteiger partial charge in [0.05, 0.1) is 22.8 Å². The minimum atomic E-state index is -5.34. The minimum absolute atomic E-state index is 0.126. The van der Waals surface area contributed by atoms with Crippen molar-refractivity contribution in [2.24, 2.45) is 12.8 Å². The topological polar surface area (TPSA) is 144 Å². The summed E-state index contributed by atoms with van der Waals surface area (Å²) in [4.78, 5) is 56.8. The van der Waals surface area contributed by atoms with Crippen molar-refractivity contribution >= 4 is 28.5 Å². The van der Waals surface area contributed by atoms with Gasteiger partial charge in [-0.05, 0) is 18.2 Å². The molecule has 2 N–H and O–H groups in total. The number of nitrogens with two attached hydrogens (primary N) is 1. The number of fused-ring (bicyclic) bond motifs is 2. The van der Waals surface area contributed by atoms with Crippen LogP contribution in [-0.2, 0) is 27.8 Å². The average Bonchev–Trinajstić information content (AvgIpc) is 3.28. The lowest BCUT2D eigenvalue weighted by atomic mass is 10.1. The molecule has 0 fully saturated rings. The Balaban J connectivity index is 1.75. The van der Waals surface area contributed by atoms with E-state index in [1.54, 1.807) is 0 Å². The number of hydrogen-bond acceptors (Lipinski definition) is 8. The Kier molecular flexibility index (Phi) is 5.53. The zero-order chi connectivity index (χ0) is 24.8. The summed E-state index contributed by atoms with van der Waals surface area (Å²) >= 11 is 0. The van der Waals surface area contributed by atoms with Crippen LogP contribution in [0.25, 0.3) is 22.2 Å². The molecule has 0 saturated carbocycles. The molecule has 0 unspecified atom stereocenters. The first kappa shape index (κ1) is 22.8. The van der Waals surface area contributed by atoms with Gasteiger partial charge in [-0.15, -0.1) is 0 Å². The zero-order valence-corrected chi connectivity index (χ0v) is 17.3. The molecular weight excluding hydrogens is 461 g/mol. The average molecular weight is 476 g/mol. The molecule has 0 amide bonds. The third kappa shape index (κ3) is 3.83. The molecule has 11 nitrogen and oxygen atoms in total. The molecule has 4 rings (SSSR count). The van der Waals surface area contributed by atoms with Crippen molar-refractivity contribution in [3.05, 3.63) is 69.5 Å². The van der Waals surface area contributed by atoms with Crippen molar-refractivity contribution in [1.29, 1.82) is 0 Å². The van der Waals surface area contributed by atoms with E-state index in [2.05, 4.69) is 14.7 Å². The molecule has 0 saturated heterocycles. The standard InChI is InChI=1S/C20H15F3N6O5/c1-27-14-9-25-5-4-11(14)16(30)29(19(27)33)13-3-2-10(28-7-6-26-15(13)28)8-12(24)17(31)34-18(32)20(21,22)23/h2-7,9,12H,8,24H2,1H3/t12-/m0/s1. The van der Waals surface area contributed by atoms with E-state index >= 15 is 0 Å². The van der Waals surface area contributed by atoms with Gasteiger partial charge in [-0.25, -0.2) is 23.9 Å². The quantitative estimate of drug-likeness (QED) is 0.326. The monoisotopic (exact) mass is 476 g/mol. The van der Waals surface area contributed by atoms with E-state index in [-0.39, 0.29) is 23.1 Å². The number of aromatic nitrogens is 5. The highest BCUT2D eigenvalue weighted by Gasteiger charge is 2.43. The van der Waals surface area contributed by atoms with E-state index in [4.69, 9.17) is 5.73 Å². The van der Waals surface area contributed by atoms with E-state index in [0.29, 0.717) is 11.2 Å². The van der Waals surface area contributed by atoms with Crippen LogP contribution in [0, 0.1) is 0 Å². The highest BCUT2D eigenvalue weighted by Crippen LogP contribution is 2.19. The summed E-state index contributed by atoms with van der Waals surface area (Å²) in [6, 6.07) is 2.68. The van der Waals surface area contributed by atoms with Gasteiger partial charge in [-0.1, -0.05) is 0 Å². The Bertz CT molecular complexity index is 1570. The Morgan fingerprint density at radius 2 is 1.91 bits per heavy atom. The maximum absolute atomic E-state index is 13.1. The first-order valence-corrected chi connectivity index (χ1v) is 9.60. The fourth-order valence-electron chi connectivity index (χ4n) is 3.44. The van der Waals surface area contributed by atoms with Gasteiger partial charge in [0.15, 0.2) is 5.65 Å². The molecule has 0 spiro atoms. The number of halogens is 3. The third-order valence-corrected chi connectivity index (χ3v) is 5.08. The summed E-state index contributed by atoms with van der Waals surface area (Å²) in [5.74, 6) is -4.23. The fourth-order valence-corrected chi connectivity index (χ4v) is 3.44. The molecule has 4 heterocycles. The molecule has 14 heteroatoms. The van der Waals surface area contributed by atoms with Gasteiger partial charge in [0.2, 0.25) is 0 Å². The highest BCUT2D eigenvalue weighted by molar-refractivity contribution is 5.91. The summed E-state index contributed by atoms with van der Waals surface area (Å²) in [7, 11) is 1.48. The maximum Gasteiger partial charge on any atom is 0.491 e. The third-order valence-electron chi connectivity index (χ3n) is 5.08. The van der Waals surface area contributed by atoms with Crippen LogP contribution in [0.5, 0.6) is 0 Å². The molecule has 176 valence electrons. The van der Waals surface area contributed by atoms with Crippen molar-refractivity contribution in [3.63, 3.8) is 0 Å². The van der Waals surface area contributed by atoms with Crippen molar-refractivity contribution < 1.29 is 27.5 Å². The second-order valence-corrected chi connectivity index (χ2v) is 7.22. The number of hydrogen-bond donors (Lipinski definition) is 1. The Morgan fingerprint density at radius 3 is 2.62 bits per heavy atom. The number of aryl methyl sites for hydroxylation is 1. The largest absolute Gasteiger partial charge is 0.491 e. The van der Waals surface area contributed by atoms with Gasteiger partial charge in [0.25, 0.3) is 5.56 Å². The molecule has 4 aromatic heterocycles. The second-order valence-electron chi connectivity index (χ2n) is 7.22. The van der Waals surface area contributed by atoms with Crippen LogP contribution < -0.4 is 17.0 Å². The molecule has 4 aromatic rings. The van der Waals surface area contributed by atoms with Crippen LogP contribution >= 0.6 is 0 Å². The smallest absolute Gasteiger partial charge is 0.385 e. The molecule has 34 heavy (non-hydrogen) atoms. The predicted molar refractivity (Wildman–Crippen MR) is 110 cm³/mol. The van der Waals surface area contributed by atoms with Gasteiger partial charge < -0.3 is 14.9 Å². The second kappa shape index (κ2) is 8.22. The SMILES string of the molecule is Cn1c(=O)n(-c2ccc(C[C@H](N)C(=O)OC(=O)C(F)(F)F)n3ccnc23)c(=O)c2ccncc21. The van der Waals surface area contributed by atoms with Gasteiger partial charge in [0.1, 0.15) is 6.04 Å². The molecule has 1 atom stereocenters. The summed E-state index contributed by atoms with van der Waals surface area (Å²) in [5, 5.41) is 0.241. The van der Waals surface area contributed by atoms with E-state index in [1.165, 1.54) is 59.0 Å². The lowest BCUT2D eigenvalue weighted by Crippen LogP contribution is -2.39. The van der Waals surface area contributed by atoms with Crippen LogP contribution in [0.2, 0.25) is 0 Å². The maximum atomic E-state index is 13.1. The molecule has 0 bridgehead atoms. The van der Waals surface area contributed by atoms with E-state index < -0.39 is 35.4 Å². The van der Waals surface area contributed by atoms with Crippen molar-refractivity contribution in [1.82, 2.24) is 23.5 Å². The molecule has 0 aliphatic rings. The van der Waals surface area contributed by atoms with Crippen LogP contribution in [-0.4, -0.2) is 47.7 Å². The van der Waals surface area contributed by atoms with Gasteiger partial charge in [0, 0.05) is 37.8 Å². The van der Waals surface area contributed by atoms with Gasteiger partial charge >= 0.3 is 23.8 Å². The Hall–Kier alpha value is -4.33. The summed E-state index contributed by atoms with van der Waals surface area (Å²) < 4.78 is 44.3. The number of nitrogens with zero attached hydrogens (tertiary/aromatic N) is 5. The van der Waals surface area contributed by atoms with Crippen LogP contribution in [0.4, 0.5) is 13.2 Å². The van der Waals surface area contributed by atoms with E-state index in [0.717, 1.165) is 4.57 Å². The summed E-state index contributed by atoms with van der Waals surface area (Å²) in [5.41, 5.74) is 5.29. The number of alkyl halides is 3. The fraction of sp³-hybridized carbons (Fsp3) is 0.200. The van der Waals surface area contributed by atoms with E-state index in [1.807, 2.05) is 0 Å². The van der Waals surface area contributed by atoms with Crippen molar-refractivity contribution in [2.45, 2.75) is 18.6 Å². The Morgan fingerprint density at radius 1 is 1.18 bits per heavy atom. The van der Waals surface area contributed by atoms with E-state index in [9.17, 15) is 32.3 Å². The molecule has 0 radical (unpaired) electrons. The lowest BCUT2D eigenvalue weighted by Gasteiger charge is -2.15. The lowest BCUT2D eigenvalue weighted by molar-refractivity contribution is -0.202. The molecule has 0 aliphatic carbocycles. The summed E-state index contributed by atoms with van der Waals surface area (Å²) in [6.07, 6.45) is -0.0533. The molecule has 0 aliphatic heterocycles. The number of carbonyl (C=O) groups excluding carboxylic acids is 2. The number of rotatable bonds is 4. The minimum Gasteiger partial charge on any atom is -0.385 e. The first-order chi connectivity index (χ1) is 16.0. The number of imidazole rings is 1.